The molecule has 1 heterocycles. The molecule has 1 saturated heterocycles. The zero-order valence-corrected chi connectivity index (χ0v) is 14.5. The highest BCUT2D eigenvalue weighted by molar-refractivity contribution is 6.39. The van der Waals surface area contributed by atoms with E-state index in [1.54, 1.807) is 0 Å². The summed E-state index contributed by atoms with van der Waals surface area (Å²) >= 11 is 0. The Balaban J connectivity index is 1.43. The standard InChI is InChI=1S/C20H22FN3O2/c21-16-4-3-5-17(14-16)23-20(26)19(25)22-11-10-15-6-8-18(9-7-15)24-12-1-2-13-24/h3-9,14H,1-2,10-13H2,(H,22,25)(H,23,26). The first-order valence-corrected chi connectivity index (χ1v) is 8.80. The molecule has 0 bridgehead atoms. The van der Waals surface area contributed by atoms with E-state index in [0.717, 1.165) is 24.7 Å². The first-order valence-electron chi connectivity index (χ1n) is 8.80. The molecule has 0 spiro atoms. The van der Waals surface area contributed by atoms with Crippen molar-refractivity contribution in [3.63, 3.8) is 0 Å². The number of amides is 2. The molecule has 2 N–H and O–H groups in total. The van der Waals surface area contributed by atoms with E-state index < -0.39 is 17.6 Å². The van der Waals surface area contributed by atoms with Crippen molar-refractivity contribution < 1.29 is 14.0 Å². The summed E-state index contributed by atoms with van der Waals surface area (Å²) in [6.45, 7) is 2.57. The topological polar surface area (TPSA) is 61.4 Å². The van der Waals surface area contributed by atoms with Gasteiger partial charge in [-0.05, 0) is 55.2 Å². The van der Waals surface area contributed by atoms with E-state index in [1.807, 2.05) is 12.1 Å². The Morgan fingerprint density at radius 2 is 1.73 bits per heavy atom. The van der Waals surface area contributed by atoms with E-state index in [-0.39, 0.29) is 5.69 Å². The van der Waals surface area contributed by atoms with Crippen molar-refractivity contribution in [2.45, 2.75) is 19.3 Å². The minimum atomic E-state index is -0.806. The van der Waals surface area contributed by atoms with E-state index in [0.29, 0.717) is 13.0 Å². The summed E-state index contributed by atoms with van der Waals surface area (Å²) in [5.74, 6) is -2.01. The Bertz CT molecular complexity index is 771. The zero-order chi connectivity index (χ0) is 18.4. The van der Waals surface area contributed by atoms with Crippen LogP contribution in [0.4, 0.5) is 15.8 Å². The van der Waals surface area contributed by atoms with Gasteiger partial charge in [-0.2, -0.15) is 0 Å². The van der Waals surface area contributed by atoms with E-state index in [1.165, 1.54) is 36.7 Å². The molecule has 0 aromatic heterocycles. The third-order valence-electron chi connectivity index (χ3n) is 4.40. The van der Waals surface area contributed by atoms with Crippen LogP contribution >= 0.6 is 0 Å². The van der Waals surface area contributed by atoms with Crippen molar-refractivity contribution in [1.82, 2.24) is 5.32 Å². The van der Waals surface area contributed by atoms with Gasteiger partial charge in [0.1, 0.15) is 5.82 Å². The smallest absolute Gasteiger partial charge is 0.313 e. The van der Waals surface area contributed by atoms with Gasteiger partial charge < -0.3 is 15.5 Å². The Morgan fingerprint density at radius 1 is 1.00 bits per heavy atom. The maximum atomic E-state index is 13.1. The van der Waals surface area contributed by atoms with Crippen molar-refractivity contribution in [3.8, 4) is 0 Å². The molecular formula is C20H22FN3O2. The van der Waals surface area contributed by atoms with E-state index in [2.05, 4.69) is 27.7 Å². The number of halogens is 1. The lowest BCUT2D eigenvalue weighted by Crippen LogP contribution is -2.36. The molecule has 2 amide bonds. The minimum absolute atomic E-state index is 0.252. The second kappa shape index (κ2) is 8.47. The molecule has 0 radical (unpaired) electrons. The lowest BCUT2D eigenvalue weighted by Gasteiger charge is -2.17. The van der Waals surface area contributed by atoms with Crippen molar-refractivity contribution in [1.29, 1.82) is 0 Å². The average molecular weight is 355 g/mol. The van der Waals surface area contributed by atoms with Crippen LogP contribution in [-0.2, 0) is 16.0 Å². The fourth-order valence-corrected chi connectivity index (χ4v) is 3.00. The van der Waals surface area contributed by atoms with Crippen LogP contribution < -0.4 is 15.5 Å². The number of nitrogens with one attached hydrogen (secondary N) is 2. The molecule has 26 heavy (non-hydrogen) atoms. The normalized spacial score (nSPS) is 13.5. The maximum Gasteiger partial charge on any atom is 0.313 e. The van der Waals surface area contributed by atoms with Gasteiger partial charge in [0, 0.05) is 31.0 Å². The molecule has 0 saturated carbocycles. The van der Waals surface area contributed by atoms with Crippen LogP contribution in [0.2, 0.25) is 0 Å². The summed E-state index contributed by atoms with van der Waals surface area (Å²) in [4.78, 5) is 26.0. The van der Waals surface area contributed by atoms with Crippen LogP contribution in [0.25, 0.3) is 0 Å². The highest BCUT2D eigenvalue weighted by Gasteiger charge is 2.14. The van der Waals surface area contributed by atoms with Gasteiger partial charge in [-0.1, -0.05) is 18.2 Å². The monoisotopic (exact) mass is 355 g/mol. The third kappa shape index (κ3) is 4.81. The molecule has 3 rings (SSSR count). The Hall–Kier alpha value is -2.89. The lowest BCUT2D eigenvalue weighted by molar-refractivity contribution is -0.136. The Kier molecular flexibility index (Phi) is 5.84. The molecule has 1 fully saturated rings. The Morgan fingerprint density at radius 3 is 2.42 bits per heavy atom. The van der Waals surface area contributed by atoms with E-state index >= 15 is 0 Å². The van der Waals surface area contributed by atoms with Gasteiger partial charge in [-0.25, -0.2) is 4.39 Å². The largest absolute Gasteiger partial charge is 0.372 e. The van der Waals surface area contributed by atoms with Crippen LogP contribution in [-0.4, -0.2) is 31.4 Å². The summed E-state index contributed by atoms with van der Waals surface area (Å²) in [6, 6.07) is 13.7. The van der Waals surface area contributed by atoms with Gasteiger partial charge in [0.05, 0.1) is 0 Å². The molecule has 5 nitrogen and oxygen atoms in total. The molecule has 0 atom stereocenters. The van der Waals surface area contributed by atoms with Crippen LogP contribution in [0.5, 0.6) is 0 Å². The van der Waals surface area contributed by atoms with Gasteiger partial charge in [-0.15, -0.1) is 0 Å². The predicted molar refractivity (Wildman–Crippen MR) is 99.6 cm³/mol. The molecule has 1 aliphatic heterocycles. The molecule has 0 unspecified atom stereocenters. The average Bonchev–Trinajstić information content (AvgIpc) is 3.17. The minimum Gasteiger partial charge on any atom is -0.372 e. The summed E-state index contributed by atoms with van der Waals surface area (Å²) in [7, 11) is 0. The van der Waals surface area contributed by atoms with Gasteiger partial charge in [0.15, 0.2) is 0 Å². The highest BCUT2D eigenvalue weighted by Crippen LogP contribution is 2.20. The van der Waals surface area contributed by atoms with Crippen LogP contribution in [0.3, 0.4) is 0 Å². The van der Waals surface area contributed by atoms with Gasteiger partial charge in [-0.3, -0.25) is 9.59 Å². The second-order valence-corrected chi connectivity index (χ2v) is 6.33. The summed E-state index contributed by atoms with van der Waals surface area (Å²) in [5.41, 5.74) is 2.58. The van der Waals surface area contributed by atoms with Crippen molar-refractivity contribution in [2.75, 3.05) is 29.9 Å². The number of benzene rings is 2. The highest BCUT2D eigenvalue weighted by atomic mass is 19.1. The predicted octanol–water partition coefficient (Wildman–Crippen LogP) is 2.72. The quantitative estimate of drug-likeness (QED) is 0.811. The molecule has 2 aromatic rings. The maximum absolute atomic E-state index is 13.1. The number of anilines is 2. The first-order chi connectivity index (χ1) is 12.6. The number of carbonyl (C=O) groups excluding carboxylic acids is 2. The number of rotatable bonds is 5. The second-order valence-electron chi connectivity index (χ2n) is 6.33. The third-order valence-corrected chi connectivity index (χ3v) is 4.40. The van der Waals surface area contributed by atoms with Crippen LogP contribution in [0.15, 0.2) is 48.5 Å². The Labute approximate surface area is 152 Å². The van der Waals surface area contributed by atoms with E-state index in [4.69, 9.17) is 0 Å². The lowest BCUT2D eigenvalue weighted by atomic mass is 10.1. The molecule has 2 aromatic carbocycles. The van der Waals surface area contributed by atoms with Gasteiger partial charge in [0.2, 0.25) is 0 Å². The van der Waals surface area contributed by atoms with Crippen molar-refractivity contribution >= 4 is 23.2 Å². The molecule has 6 heteroatoms. The van der Waals surface area contributed by atoms with E-state index in [9.17, 15) is 14.0 Å². The number of nitrogens with zero attached hydrogens (tertiary/aromatic N) is 1. The number of carbonyl (C=O) groups is 2. The molecule has 0 aliphatic carbocycles. The van der Waals surface area contributed by atoms with Gasteiger partial charge >= 0.3 is 11.8 Å². The summed E-state index contributed by atoms with van der Waals surface area (Å²) in [6.07, 6.45) is 3.12. The number of hydrogen-bond donors (Lipinski definition) is 2. The van der Waals surface area contributed by atoms with Crippen molar-refractivity contribution in [2.24, 2.45) is 0 Å². The van der Waals surface area contributed by atoms with Crippen LogP contribution in [0.1, 0.15) is 18.4 Å². The molecule has 136 valence electrons. The fraction of sp³-hybridized carbons (Fsp3) is 0.300. The zero-order valence-electron chi connectivity index (χ0n) is 14.5. The van der Waals surface area contributed by atoms with Gasteiger partial charge in [0.25, 0.3) is 0 Å². The van der Waals surface area contributed by atoms with Crippen molar-refractivity contribution in [3.05, 3.63) is 59.9 Å². The fourth-order valence-electron chi connectivity index (χ4n) is 3.00. The molecule has 1 aliphatic rings. The summed E-state index contributed by atoms with van der Waals surface area (Å²) < 4.78 is 13.1. The molecular weight excluding hydrogens is 333 g/mol. The number of hydrogen-bond acceptors (Lipinski definition) is 3. The first kappa shape index (κ1) is 17.9. The SMILES string of the molecule is O=C(NCCc1ccc(N2CCCC2)cc1)C(=O)Nc1cccc(F)c1. The summed E-state index contributed by atoms with van der Waals surface area (Å²) in [5, 5.41) is 4.95. The van der Waals surface area contributed by atoms with Crippen LogP contribution in [0, 0.1) is 5.82 Å².